The topological polar surface area (TPSA) is 154 Å². The first-order valence-corrected chi connectivity index (χ1v) is 18.0. The summed E-state index contributed by atoms with van der Waals surface area (Å²) in [4.78, 5) is 27.4. The van der Waals surface area contributed by atoms with E-state index in [1.54, 1.807) is 76.6 Å². The average molecular weight is 745 g/mol. The summed E-state index contributed by atoms with van der Waals surface area (Å²) >= 11 is 0. The predicted molar refractivity (Wildman–Crippen MR) is 204 cm³/mol. The molecule has 54 heavy (non-hydrogen) atoms. The lowest BCUT2D eigenvalue weighted by Gasteiger charge is -2.33. The molecule has 0 fully saturated rings. The van der Waals surface area contributed by atoms with E-state index in [0.29, 0.717) is 35.8 Å². The number of carbonyl (C=O) groups is 2. The van der Waals surface area contributed by atoms with Gasteiger partial charge in [-0.2, -0.15) is 0 Å². The van der Waals surface area contributed by atoms with E-state index in [4.69, 9.17) is 28.4 Å². The molecule has 0 radical (unpaired) electrons. The van der Waals surface area contributed by atoms with Crippen LogP contribution >= 0.6 is 0 Å². The number of amides is 2. The minimum Gasteiger partial charge on any atom is -0.491 e. The number of hydrogen-bond acceptors (Lipinski definition) is 10. The molecule has 0 aliphatic heterocycles. The molecule has 0 saturated carbocycles. The Morgan fingerprint density at radius 1 is 0.556 bits per heavy atom. The molecule has 0 aliphatic carbocycles. The maximum absolute atomic E-state index is 13.7. The number of carbonyl (C=O) groups excluding carboxylic acids is 2. The maximum atomic E-state index is 13.7. The fraction of sp³-hybridized carbons (Fsp3) is 0.381. The number of nitrogens with one attached hydrogen (secondary N) is 2. The highest BCUT2D eigenvalue weighted by atomic mass is 16.7. The number of aliphatic hydroxyl groups is 2. The van der Waals surface area contributed by atoms with Crippen molar-refractivity contribution in [3.63, 3.8) is 0 Å². The van der Waals surface area contributed by atoms with E-state index in [1.165, 1.54) is 0 Å². The molecule has 4 aromatic rings. The molecule has 4 N–H and O–H groups in total. The quantitative estimate of drug-likeness (QED) is 0.0628. The molecule has 0 saturated heterocycles. The number of benzene rings is 4. The maximum Gasteiger partial charge on any atom is 0.251 e. The van der Waals surface area contributed by atoms with Crippen LogP contribution in [0.25, 0.3) is 0 Å². The standard InChI is InChI=1S/C42H52N2O10/c1-29(49-3)51-21-23-53-35-19-11-17-33(27-35)41(47)43-37(25-31-13-7-5-8-14-31)39(45)40(46)38(26-32-15-9-6-10-16-32)44-42(48)34-18-12-20-36(28-34)54-24-22-52-30(2)50-4/h5-20,27-30,37-40,45-46H,21-26H2,1-4H3,(H,43,47)(H,44,48). The third kappa shape index (κ3) is 13.9. The van der Waals surface area contributed by atoms with Gasteiger partial charge in [0.1, 0.15) is 36.9 Å². The molecule has 2 amide bonds. The third-order valence-electron chi connectivity index (χ3n) is 8.67. The molecular weight excluding hydrogens is 692 g/mol. The van der Waals surface area contributed by atoms with E-state index in [1.807, 2.05) is 60.7 Å². The van der Waals surface area contributed by atoms with Crippen molar-refractivity contribution >= 4 is 11.8 Å². The summed E-state index contributed by atoms with van der Waals surface area (Å²) in [6, 6.07) is 30.1. The Balaban J connectivity index is 1.51. The van der Waals surface area contributed by atoms with Gasteiger partial charge in [-0.1, -0.05) is 72.8 Å². The first-order valence-electron chi connectivity index (χ1n) is 18.0. The molecule has 0 heterocycles. The molecule has 12 nitrogen and oxygen atoms in total. The second kappa shape index (κ2) is 22.4. The van der Waals surface area contributed by atoms with Crippen LogP contribution in [0, 0.1) is 0 Å². The molecule has 4 aromatic carbocycles. The smallest absolute Gasteiger partial charge is 0.251 e. The van der Waals surface area contributed by atoms with Crippen LogP contribution in [-0.2, 0) is 31.8 Å². The van der Waals surface area contributed by atoms with Gasteiger partial charge in [-0.05, 0) is 74.2 Å². The summed E-state index contributed by atoms with van der Waals surface area (Å²) in [6.07, 6.45) is -3.33. The van der Waals surface area contributed by atoms with Crippen LogP contribution < -0.4 is 20.1 Å². The predicted octanol–water partition coefficient (Wildman–Crippen LogP) is 4.57. The van der Waals surface area contributed by atoms with Crippen LogP contribution in [0.1, 0.15) is 45.7 Å². The number of methoxy groups -OCH3 is 2. The summed E-state index contributed by atoms with van der Waals surface area (Å²) in [7, 11) is 3.10. The van der Waals surface area contributed by atoms with Crippen LogP contribution in [0.4, 0.5) is 0 Å². The van der Waals surface area contributed by atoms with Crippen molar-refractivity contribution in [1.82, 2.24) is 10.6 Å². The van der Waals surface area contributed by atoms with Gasteiger partial charge in [0.2, 0.25) is 0 Å². The van der Waals surface area contributed by atoms with Crippen LogP contribution in [0.15, 0.2) is 109 Å². The highest BCUT2D eigenvalue weighted by Crippen LogP contribution is 2.19. The van der Waals surface area contributed by atoms with Gasteiger partial charge in [-0.15, -0.1) is 0 Å². The fourth-order valence-corrected chi connectivity index (χ4v) is 5.57. The van der Waals surface area contributed by atoms with E-state index in [2.05, 4.69) is 10.6 Å². The van der Waals surface area contributed by atoms with Crippen molar-refractivity contribution in [2.75, 3.05) is 40.6 Å². The van der Waals surface area contributed by atoms with E-state index in [9.17, 15) is 19.8 Å². The Morgan fingerprint density at radius 2 is 0.944 bits per heavy atom. The highest BCUT2D eigenvalue weighted by molar-refractivity contribution is 5.95. The minimum atomic E-state index is -1.49. The fourth-order valence-electron chi connectivity index (χ4n) is 5.57. The van der Waals surface area contributed by atoms with Gasteiger partial charge in [0.05, 0.1) is 25.3 Å². The monoisotopic (exact) mass is 744 g/mol. The third-order valence-corrected chi connectivity index (χ3v) is 8.67. The lowest BCUT2D eigenvalue weighted by molar-refractivity contribution is -0.115. The normalized spacial score (nSPS) is 14.6. The van der Waals surface area contributed by atoms with Crippen LogP contribution in [-0.4, -0.2) is 99.5 Å². The van der Waals surface area contributed by atoms with Crippen molar-refractivity contribution in [1.29, 1.82) is 0 Å². The molecule has 12 heteroatoms. The average Bonchev–Trinajstić information content (AvgIpc) is 3.20. The van der Waals surface area contributed by atoms with Crippen molar-refractivity contribution in [3.05, 3.63) is 131 Å². The Labute approximate surface area is 317 Å². The van der Waals surface area contributed by atoms with Gasteiger partial charge in [-0.25, -0.2) is 0 Å². The second-order valence-electron chi connectivity index (χ2n) is 12.6. The molecule has 0 aromatic heterocycles. The molecule has 290 valence electrons. The van der Waals surface area contributed by atoms with Gasteiger partial charge in [0.15, 0.2) is 12.6 Å². The van der Waals surface area contributed by atoms with Gasteiger partial charge < -0.3 is 49.3 Å². The second-order valence-corrected chi connectivity index (χ2v) is 12.6. The zero-order chi connectivity index (χ0) is 38.7. The summed E-state index contributed by atoms with van der Waals surface area (Å²) in [5.74, 6) is -0.0184. The number of rotatable bonds is 23. The zero-order valence-corrected chi connectivity index (χ0v) is 31.3. The Kier molecular flexibility index (Phi) is 17.4. The van der Waals surface area contributed by atoms with Gasteiger partial charge in [-0.3, -0.25) is 9.59 Å². The summed E-state index contributed by atoms with van der Waals surface area (Å²) in [6.45, 7) is 4.62. The molecular formula is C42H52N2O10. The summed E-state index contributed by atoms with van der Waals surface area (Å²) < 4.78 is 32.6. The van der Waals surface area contributed by atoms with Crippen LogP contribution in [0.5, 0.6) is 11.5 Å². The Hall–Kier alpha value is -4.82. The van der Waals surface area contributed by atoms with E-state index in [-0.39, 0.29) is 38.6 Å². The van der Waals surface area contributed by atoms with Crippen molar-refractivity contribution < 1.29 is 48.2 Å². The van der Waals surface area contributed by atoms with E-state index >= 15 is 0 Å². The van der Waals surface area contributed by atoms with Crippen molar-refractivity contribution in [3.8, 4) is 11.5 Å². The van der Waals surface area contributed by atoms with Crippen LogP contribution in [0.3, 0.4) is 0 Å². The van der Waals surface area contributed by atoms with Crippen LogP contribution in [0.2, 0.25) is 0 Å². The van der Waals surface area contributed by atoms with Crippen molar-refractivity contribution in [2.45, 2.75) is 63.6 Å². The number of ether oxygens (including phenoxy) is 6. The molecule has 6 atom stereocenters. The highest BCUT2D eigenvalue weighted by Gasteiger charge is 2.35. The molecule has 0 bridgehead atoms. The van der Waals surface area contributed by atoms with Gasteiger partial charge in [0.25, 0.3) is 11.8 Å². The summed E-state index contributed by atoms with van der Waals surface area (Å²) in [5, 5.41) is 29.6. The Bertz CT molecular complexity index is 1570. The first kappa shape index (κ1) is 41.9. The van der Waals surface area contributed by atoms with Gasteiger partial charge in [0, 0.05) is 25.3 Å². The Morgan fingerprint density at radius 3 is 1.31 bits per heavy atom. The van der Waals surface area contributed by atoms with Crippen molar-refractivity contribution in [2.24, 2.45) is 0 Å². The first-order chi connectivity index (χ1) is 26.2. The lowest BCUT2D eigenvalue weighted by Crippen LogP contribution is -2.57. The molecule has 0 aliphatic rings. The SMILES string of the molecule is COC(C)OCCOc1cccc(C(=O)NC(Cc2ccccc2)C(O)C(O)C(Cc2ccccc2)NC(=O)c2cccc(OCCOC(C)OC)c2)c1. The zero-order valence-electron chi connectivity index (χ0n) is 31.3. The number of hydrogen-bond donors (Lipinski definition) is 4. The molecule has 0 spiro atoms. The molecule has 6 unspecified atom stereocenters. The van der Waals surface area contributed by atoms with Gasteiger partial charge >= 0.3 is 0 Å². The minimum absolute atomic E-state index is 0.203. The van der Waals surface area contributed by atoms with E-state index < -0.39 is 36.1 Å². The number of aliphatic hydroxyl groups excluding tert-OH is 2. The largest absolute Gasteiger partial charge is 0.491 e. The van der Waals surface area contributed by atoms with E-state index in [0.717, 1.165) is 11.1 Å². The lowest BCUT2D eigenvalue weighted by atomic mass is 9.90. The molecule has 4 rings (SSSR count). The summed E-state index contributed by atoms with van der Waals surface area (Å²) in [5.41, 5.74) is 2.27.